The van der Waals surface area contributed by atoms with Crippen molar-refractivity contribution in [3.63, 3.8) is 0 Å². The van der Waals surface area contributed by atoms with Gasteiger partial charge >= 0.3 is 11.9 Å². The largest absolute Gasteiger partial charge is 0.462 e. The number of ether oxygens (including phenoxy) is 2. The first-order chi connectivity index (χ1) is 7.35. The smallest absolute Gasteiger partial charge is 0.353 e. The Morgan fingerprint density at radius 2 is 2.12 bits per heavy atom. The average Bonchev–Trinajstić information content (AvgIpc) is 2.13. The second-order valence-electron chi connectivity index (χ2n) is 4.45. The summed E-state index contributed by atoms with van der Waals surface area (Å²) >= 11 is 5.81. The van der Waals surface area contributed by atoms with E-state index < -0.39 is 5.97 Å². The van der Waals surface area contributed by atoms with E-state index >= 15 is 0 Å². The van der Waals surface area contributed by atoms with Gasteiger partial charge in [-0.2, -0.15) is 0 Å². The van der Waals surface area contributed by atoms with Gasteiger partial charge in [0.25, 0.3) is 0 Å². The average molecular weight is 247 g/mol. The molecule has 0 aromatic rings. The Labute approximate surface area is 99.5 Å². The molecule has 0 bridgehead atoms. The molecule has 0 saturated carbocycles. The molecule has 0 amide bonds. The predicted octanol–water partition coefficient (Wildman–Crippen LogP) is 2.36. The summed E-state index contributed by atoms with van der Waals surface area (Å²) in [6.07, 6.45) is 0.778. The van der Waals surface area contributed by atoms with Crippen LogP contribution in [0.2, 0.25) is 0 Å². The number of cyclic esters (lactones) is 1. The fraction of sp³-hybridized carbons (Fsp3) is 0.636. The number of rotatable bonds is 2. The van der Waals surface area contributed by atoms with Gasteiger partial charge in [0.1, 0.15) is 5.76 Å². The van der Waals surface area contributed by atoms with E-state index in [0.717, 1.165) is 0 Å². The van der Waals surface area contributed by atoms with Crippen LogP contribution in [-0.4, -0.2) is 18.5 Å². The highest BCUT2D eigenvalue weighted by Crippen LogP contribution is 2.37. The molecule has 0 aromatic carbocycles. The predicted molar refractivity (Wildman–Crippen MR) is 58.6 cm³/mol. The number of carbonyl (C=O) groups excluding carboxylic acids is 2. The lowest BCUT2D eigenvalue weighted by atomic mass is 9.83. The topological polar surface area (TPSA) is 52.6 Å². The SMILES string of the molecule is CCOC(=O)/C(Cl)=C1/CC(C)(C)CC(=O)O1. The fourth-order valence-electron chi connectivity index (χ4n) is 1.53. The molecule has 1 aliphatic rings. The van der Waals surface area contributed by atoms with Crippen molar-refractivity contribution in [3.05, 3.63) is 10.8 Å². The lowest BCUT2D eigenvalue weighted by molar-refractivity contribution is -0.146. The standard InChI is InChI=1S/C11H15ClO4/c1-4-15-10(14)9(12)7-5-11(2,3)6-8(13)16-7/h4-6H2,1-3H3/b9-7+. The number of hydrogen-bond donors (Lipinski definition) is 0. The maximum Gasteiger partial charge on any atom is 0.353 e. The molecular weight excluding hydrogens is 232 g/mol. The summed E-state index contributed by atoms with van der Waals surface area (Å²) in [5, 5.41) is -0.136. The summed E-state index contributed by atoms with van der Waals surface area (Å²) < 4.78 is 9.70. The van der Waals surface area contributed by atoms with Crippen LogP contribution in [0.25, 0.3) is 0 Å². The van der Waals surface area contributed by atoms with E-state index in [2.05, 4.69) is 0 Å². The molecule has 5 heteroatoms. The third-order valence-corrected chi connectivity index (χ3v) is 2.56. The van der Waals surface area contributed by atoms with Crippen molar-refractivity contribution in [2.75, 3.05) is 6.61 Å². The van der Waals surface area contributed by atoms with E-state index in [1.165, 1.54) is 0 Å². The summed E-state index contributed by atoms with van der Waals surface area (Å²) in [5.74, 6) is -0.806. The summed E-state index contributed by atoms with van der Waals surface area (Å²) in [4.78, 5) is 22.7. The van der Waals surface area contributed by atoms with Crippen LogP contribution in [0.4, 0.5) is 0 Å². The minimum Gasteiger partial charge on any atom is -0.462 e. The van der Waals surface area contributed by atoms with Gasteiger partial charge in [0, 0.05) is 6.42 Å². The van der Waals surface area contributed by atoms with Crippen LogP contribution in [-0.2, 0) is 19.1 Å². The number of esters is 2. The van der Waals surface area contributed by atoms with Crippen LogP contribution in [0.5, 0.6) is 0 Å². The highest BCUT2D eigenvalue weighted by atomic mass is 35.5. The molecule has 0 radical (unpaired) electrons. The van der Waals surface area contributed by atoms with Gasteiger partial charge in [-0.1, -0.05) is 25.4 Å². The van der Waals surface area contributed by atoms with Gasteiger partial charge in [-0.25, -0.2) is 4.79 Å². The zero-order chi connectivity index (χ0) is 12.3. The molecule has 1 aliphatic heterocycles. The Hall–Kier alpha value is -1.03. The summed E-state index contributed by atoms with van der Waals surface area (Å²) in [7, 11) is 0. The molecule has 0 aromatic heterocycles. The van der Waals surface area contributed by atoms with E-state index in [4.69, 9.17) is 21.1 Å². The quantitative estimate of drug-likeness (QED) is 0.554. The van der Waals surface area contributed by atoms with Gasteiger partial charge in [-0.05, 0) is 12.3 Å². The third-order valence-electron chi connectivity index (χ3n) is 2.20. The van der Waals surface area contributed by atoms with Crippen molar-refractivity contribution in [3.8, 4) is 0 Å². The molecule has 0 atom stereocenters. The highest BCUT2D eigenvalue weighted by molar-refractivity contribution is 6.41. The Morgan fingerprint density at radius 1 is 1.50 bits per heavy atom. The Morgan fingerprint density at radius 3 is 2.62 bits per heavy atom. The van der Waals surface area contributed by atoms with E-state index in [1.807, 2.05) is 13.8 Å². The maximum atomic E-state index is 11.4. The van der Waals surface area contributed by atoms with Crippen LogP contribution in [0.1, 0.15) is 33.6 Å². The van der Waals surface area contributed by atoms with Crippen LogP contribution in [0.15, 0.2) is 10.8 Å². The zero-order valence-electron chi connectivity index (χ0n) is 9.63. The molecular formula is C11H15ClO4. The van der Waals surface area contributed by atoms with Crippen LogP contribution in [0, 0.1) is 5.41 Å². The van der Waals surface area contributed by atoms with Gasteiger partial charge in [0.2, 0.25) is 0 Å². The molecule has 1 heterocycles. The van der Waals surface area contributed by atoms with Crippen molar-refractivity contribution in [2.45, 2.75) is 33.6 Å². The first-order valence-corrected chi connectivity index (χ1v) is 5.50. The Kier molecular flexibility index (Phi) is 3.97. The van der Waals surface area contributed by atoms with Crippen molar-refractivity contribution < 1.29 is 19.1 Å². The molecule has 1 saturated heterocycles. The van der Waals surface area contributed by atoms with Crippen molar-refractivity contribution in [1.82, 2.24) is 0 Å². The minimum absolute atomic E-state index is 0.136. The molecule has 4 nitrogen and oxygen atoms in total. The number of carbonyl (C=O) groups is 2. The molecule has 16 heavy (non-hydrogen) atoms. The van der Waals surface area contributed by atoms with Crippen molar-refractivity contribution >= 4 is 23.5 Å². The van der Waals surface area contributed by atoms with Gasteiger partial charge in [-0.3, -0.25) is 4.79 Å². The van der Waals surface area contributed by atoms with Crippen molar-refractivity contribution in [1.29, 1.82) is 0 Å². The monoisotopic (exact) mass is 246 g/mol. The molecule has 0 N–H and O–H groups in total. The fourth-order valence-corrected chi connectivity index (χ4v) is 1.69. The molecule has 0 spiro atoms. The van der Waals surface area contributed by atoms with Crippen LogP contribution in [0.3, 0.4) is 0 Å². The molecule has 1 fully saturated rings. The molecule has 1 rings (SSSR count). The lowest BCUT2D eigenvalue weighted by Crippen LogP contribution is -2.27. The summed E-state index contributed by atoms with van der Waals surface area (Å²) in [5.41, 5.74) is -0.239. The molecule has 0 aliphatic carbocycles. The highest BCUT2D eigenvalue weighted by Gasteiger charge is 2.34. The Balaban J connectivity index is 2.89. The zero-order valence-corrected chi connectivity index (χ0v) is 10.4. The van der Waals surface area contributed by atoms with E-state index in [0.29, 0.717) is 12.8 Å². The molecule has 0 unspecified atom stereocenters. The second-order valence-corrected chi connectivity index (χ2v) is 4.83. The van der Waals surface area contributed by atoms with Gasteiger partial charge in [-0.15, -0.1) is 0 Å². The van der Waals surface area contributed by atoms with E-state index in [-0.39, 0.29) is 28.8 Å². The normalized spacial score (nSPS) is 22.4. The van der Waals surface area contributed by atoms with Gasteiger partial charge in [0.15, 0.2) is 5.03 Å². The van der Waals surface area contributed by atoms with Crippen molar-refractivity contribution in [2.24, 2.45) is 5.41 Å². The van der Waals surface area contributed by atoms with Gasteiger partial charge < -0.3 is 9.47 Å². The minimum atomic E-state index is -0.648. The van der Waals surface area contributed by atoms with Crippen LogP contribution >= 0.6 is 11.6 Å². The second kappa shape index (κ2) is 4.87. The first-order valence-electron chi connectivity index (χ1n) is 5.12. The Bertz CT molecular complexity index is 344. The lowest BCUT2D eigenvalue weighted by Gasteiger charge is -2.29. The molecule has 90 valence electrons. The van der Waals surface area contributed by atoms with E-state index in [1.54, 1.807) is 6.92 Å². The number of allylic oxidation sites excluding steroid dienone is 1. The van der Waals surface area contributed by atoms with Gasteiger partial charge in [0.05, 0.1) is 13.0 Å². The van der Waals surface area contributed by atoms with Crippen LogP contribution < -0.4 is 0 Å². The maximum absolute atomic E-state index is 11.4. The summed E-state index contributed by atoms with van der Waals surface area (Å²) in [6.45, 7) is 5.76. The van der Waals surface area contributed by atoms with E-state index in [9.17, 15) is 9.59 Å². The number of hydrogen-bond acceptors (Lipinski definition) is 4. The summed E-state index contributed by atoms with van der Waals surface area (Å²) in [6, 6.07) is 0. The first kappa shape index (κ1) is 13.0. The number of halogens is 1. The third kappa shape index (κ3) is 3.23.